The Bertz CT molecular complexity index is 790. The molecule has 158 valence electrons. The highest BCUT2D eigenvalue weighted by atomic mass is 16.5. The van der Waals surface area contributed by atoms with Crippen molar-refractivity contribution in [1.82, 2.24) is 19.8 Å². The molecule has 0 aromatic carbocycles. The standard InChI is InChI=1S/C22H32N4O3/c1-29-14-18(27)26-10-5-17-19(24-15-23-17)22(26)8-11-25(12-9-22)20(28)16-13-21(16)6-3-2-4-7-21/h15-16H,2-14H2,1H3,(H,23,24)/t16-/m1/s1. The van der Waals surface area contributed by atoms with Crippen LogP contribution >= 0.6 is 0 Å². The number of nitrogens with one attached hydrogen (secondary N) is 1. The highest BCUT2D eigenvalue weighted by molar-refractivity contribution is 5.83. The molecule has 0 radical (unpaired) electrons. The number of nitrogens with zero attached hydrogens (tertiary/aromatic N) is 3. The van der Waals surface area contributed by atoms with Crippen molar-refractivity contribution in [3.8, 4) is 0 Å². The fourth-order valence-electron chi connectivity index (χ4n) is 6.37. The third-order valence-electron chi connectivity index (χ3n) is 8.07. The van der Waals surface area contributed by atoms with Gasteiger partial charge in [0, 0.05) is 44.8 Å². The van der Waals surface area contributed by atoms with E-state index in [0.29, 0.717) is 31.0 Å². The fourth-order valence-corrected chi connectivity index (χ4v) is 6.37. The molecular formula is C22H32N4O3. The number of likely N-dealkylation sites (tertiary alicyclic amines) is 1. The lowest BCUT2D eigenvalue weighted by Gasteiger charge is -2.50. The zero-order valence-corrected chi connectivity index (χ0v) is 17.4. The summed E-state index contributed by atoms with van der Waals surface area (Å²) in [5.41, 5.74) is 2.04. The van der Waals surface area contributed by atoms with E-state index in [2.05, 4.69) is 14.9 Å². The lowest BCUT2D eigenvalue weighted by atomic mass is 9.78. The molecule has 3 heterocycles. The summed E-state index contributed by atoms with van der Waals surface area (Å²) < 4.78 is 5.14. The number of aromatic nitrogens is 2. The van der Waals surface area contributed by atoms with E-state index < -0.39 is 5.54 Å². The van der Waals surface area contributed by atoms with Crippen LogP contribution in [0.15, 0.2) is 6.33 Å². The molecule has 5 rings (SSSR count). The van der Waals surface area contributed by atoms with Crippen molar-refractivity contribution in [1.29, 1.82) is 0 Å². The van der Waals surface area contributed by atoms with Crippen LogP contribution in [0.2, 0.25) is 0 Å². The second kappa shape index (κ2) is 7.11. The number of amides is 2. The summed E-state index contributed by atoms with van der Waals surface area (Å²) >= 11 is 0. The van der Waals surface area contributed by atoms with Crippen LogP contribution in [0.1, 0.15) is 62.8 Å². The summed E-state index contributed by atoms with van der Waals surface area (Å²) in [4.78, 5) is 38.0. The molecule has 2 spiro atoms. The van der Waals surface area contributed by atoms with Gasteiger partial charge in [-0.25, -0.2) is 4.98 Å². The minimum atomic E-state index is -0.411. The second-order valence-corrected chi connectivity index (χ2v) is 9.49. The maximum absolute atomic E-state index is 13.2. The van der Waals surface area contributed by atoms with Gasteiger partial charge in [0.1, 0.15) is 6.61 Å². The Kier molecular flexibility index (Phi) is 4.68. The lowest BCUT2D eigenvalue weighted by Crippen LogP contribution is -2.59. The van der Waals surface area contributed by atoms with E-state index in [-0.39, 0.29) is 18.4 Å². The van der Waals surface area contributed by atoms with E-state index >= 15 is 0 Å². The van der Waals surface area contributed by atoms with E-state index in [4.69, 9.17) is 4.74 Å². The summed E-state index contributed by atoms with van der Waals surface area (Å²) in [6.07, 6.45) is 11.5. The van der Waals surface area contributed by atoms with E-state index in [0.717, 1.165) is 37.1 Å². The zero-order valence-electron chi connectivity index (χ0n) is 17.4. The molecule has 1 aromatic rings. The highest BCUT2D eigenvalue weighted by Gasteiger charge is 2.59. The Balaban J connectivity index is 1.32. The average molecular weight is 401 g/mol. The van der Waals surface area contributed by atoms with Crippen molar-refractivity contribution in [2.75, 3.05) is 33.4 Å². The van der Waals surface area contributed by atoms with E-state index in [1.807, 2.05) is 4.90 Å². The molecule has 1 saturated heterocycles. The number of methoxy groups -OCH3 is 1. The number of hydrogen-bond acceptors (Lipinski definition) is 4. The predicted molar refractivity (Wildman–Crippen MR) is 107 cm³/mol. The minimum Gasteiger partial charge on any atom is -0.375 e. The van der Waals surface area contributed by atoms with Gasteiger partial charge in [-0.2, -0.15) is 0 Å². The van der Waals surface area contributed by atoms with Crippen LogP contribution in [0.4, 0.5) is 0 Å². The molecule has 1 N–H and O–H groups in total. The SMILES string of the molecule is COCC(=O)N1CCc2[nH]cnc2C12CCN(C(=O)[C@H]1CC13CCCCC3)CC2. The normalized spacial score (nSPS) is 27.1. The number of rotatable bonds is 3. The van der Waals surface area contributed by atoms with Gasteiger partial charge in [0.05, 0.1) is 17.6 Å². The number of ether oxygens (including phenoxy) is 1. The van der Waals surface area contributed by atoms with Crippen LogP contribution in [0.5, 0.6) is 0 Å². The number of carbonyl (C=O) groups is 2. The van der Waals surface area contributed by atoms with E-state index in [1.54, 1.807) is 13.4 Å². The van der Waals surface area contributed by atoms with Crippen LogP contribution in [0.25, 0.3) is 0 Å². The first kappa shape index (κ1) is 19.1. The van der Waals surface area contributed by atoms with Crippen LogP contribution in [0.3, 0.4) is 0 Å². The summed E-state index contributed by atoms with van der Waals surface area (Å²) in [6, 6.07) is 0. The van der Waals surface area contributed by atoms with Gasteiger partial charge in [-0.3, -0.25) is 9.59 Å². The van der Waals surface area contributed by atoms with Gasteiger partial charge in [0.15, 0.2) is 0 Å². The van der Waals surface area contributed by atoms with Crippen LogP contribution in [0, 0.1) is 11.3 Å². The molecular weight excluding hydrogens is 368 g/mol. The summed E-state index contributed by atoms with van der Waals surface area (Å²) in [7, 11) is 1.56. The van der Waals surface area contributed by atoms with Crippen molar-refractivity contribution >= 4 is 11.8 Å². The van der Waals surface area contributed by atoms with Gasteiger partial charge in [0.2, 0.25) is 11.8 Å². The van der Waals surface area contributed by atoms with Crippen LogP contribution in [-0.4, -0.2) is 64.9 Å². The number of fused-ring (bicyclic) bond motifs is 2. The number of piperidine rings is 1. The van der Waals surface area contributed by atoms with Gasteiger partial charge in [-0.15, -0.1) is 0 Å². The molecule has 2 aliphatic carbocycles. The molecule has 1 aromatic heterocycles. The molecule has 3 fully saturated rings. The summed E-state index contributed by atoms with van der Waals surface area (Å²) in [5.74, 6) is 0.620. The number of H-pyrrole nitrogens is 1. The number of aromatic amines is 1. The minimum absolute atomic E-state index is 0.0178. The Morgan fingerprint density at radius 2 is 1.93 bits per heavy atom. The van der Waals surface area contributed by atoms with E-state index in [1.165, 1.54) is 32.1 Å². The van der Waals surface area contributed by atoms with Gasteiger partial charge in [0.25, 0.3) is 0 Å². The molecule has 2 saturated carbocycles. The molecule has 2 aliphatic heterocycles. The molecule has 2 amide bonds. The quantitative estimate of drug-likeness (QED) is 0.844. The monoisotopic (exact) mass is 400 g/mol. The Morgan fingerprint density at radius 3 is 2.66 bits per heavy atom. The molecule has 29 heavy (non-hydrogen) atoms. The van der Waals surface area contributed by atoms with E-state index in [9.17, 15) is 9.59 Å². The first-order chi connectivity index (χ1) is 14.1. The zero-order chi connectivity index (χ0) is 20.1. The van der Waals surface area contributed by atoms with Gasteiger partial charge < -0.3 is 19.5 Å². The van der Waals surface area contributed by atoms with Crippen molar-refractivity contribution in [3.63, 3.8) is 0 Å². The number of carbonyl (C=O) groups excluding carboxylic acids is 2. The molecule has 7 heteroatoms. The first-order valence-corrected chi connectivity index (χ1v) is 11.2. The van der Waals surface area contributed by atoms with Gasteiger partial charge >= 0.3 is 0 Å². The largest absolute Gasteiger partial charge is 0.375 e. The Labute approximate surface area is 172 Å². The van der Waals surface area contributed by atoms with Crippen LogP contribution in [-0.2, 0) is 26.3 Å². The van der Waals surface area contributed by atoms with Gasteiger partial charge in [-0.1, -0.05) is 19.3 Å². The van der Waals surface area contributed by atoms with Crippen molar-refractivity contribution in [2.24, 2.45) is 11.3 Å². The third kappa shape index (κ3) is 3.00. The topological polar surface area (TPSA) is 78.5 Å². The fraction of sp³-hybridized carbons (Fsp3) is 0.773. The van der Waals surface area contributed by atoms with Crippen LogP contribution < -0.4 is 0 Å². The predicted octanol–water partition coefficient (Wildman–Crippen LogP) is 2.23. The number of hydrogen-bond donors (Lipinski definition) is 1. The molecule has 0 bridgehead atoms. The summed E-state index contributed by atoms with van der Waals surface area (Å²) in [6.45, 7) is 2.18. The van der Waals surface area contributed by atoms with Crippen molar-refractivity contribution < 1.29 is 14.3 Å². The maximum atomic E-state index is 13.2. The molecule has 7 nitrogen and oxygen atoms in total. The molecule has 1 atom stereocenters. The third-order valence-corrected chi connectivity index (χ3v) is 8.07. The Morgan fingerprint density at radius 1 is 1.17 bits per heavy atom. The number of imidazole rings is 1. The average Bonchev–Trinajstić information content (AvgIpc) is 3.19. The first-order valence-electron chi connectivity index (χ1n) is 11.2. The molecule has 0 unspecified atom stereocenters. The Hall–Kier alpha value is -1.89. The highest BCUT2D eigenvalue weighted by Crippen LogP contribution is 2.62. The lowest BCUT2D eigenvalue weighted by molar-refractivity contribution is -0.148. The maximum Gasteiger partial charge on any atom is 0.249 e. The van der Waals surface area contributed by atoms with Crippen molar-refractivity contribution in [3.05, 3.63) is 17.7 Å². The summed E-state index contributed by atoms with van der Waals surface area (Å²) in [5, 5.41) is 0. The second-order valence-electron chi connectivity index (χ2n) is 9.49. The van der Waals surface area contributed by atoms with Crippen molar-refractivity contribution in [2.45, 2.75) is 63.3 Å². The van der Waals surface area contributed by atoms with Gasteiger partial charge in [-0.05, 0) is 37.5 Å². The molecule has 4 aliphatic rings. The smallest absolute Gasteiger partial charge is 0.249 e.